The van der Waals surface area contributed by atoms with E-state index in [2.05, 4.69) is 121 Å². The van der Waals surface area contributed by atoms with Crippen LogP contribution in [-0.4, -0.2) is 0 Å². The van der Waals surface area contributed by atoms with Gasteiger partial charge in [0.25, 0.3) is 0 Å². The highest BCUT2D eigenvalue weighted by atomic mass is 14.2. The largest absolute Gasteiger partial charge is 0.0622 e. The fourth-order valence-corrected chi connectivity index (χ4v) is 6.28. The minimum Gasteiger partial charge on any atom is -0.0622 e. The number of rotatable bonds is 1. The molecule has 0 heterocycles. The maximum absolute atomic E-state index is 2.37. The van der Waals surface area contributed by atoms with Crippen molar-refractivity contribution in [1.82, 2.24) is 0 Å². The second-order valence-electron chi connectivity index (χ2n) is 10.4. The van der Waals surface area contributed by atoms with Gasteiger partial charge in [0.1, 0.15) is 0 Å². The van der Waals surface area contributed by atoms with Gasteiger partial charge in [-0.15, -0.1) is 0 Å². The van der Waals surface area contributed by atoms with Gasteiger partial charge in [0, 0.05) is 0 Å². The average Bonchev–Trinajstić information content (AvgIpc) is 3.36. The van der Waals surface area contributed by atoms with E-state index < -0.39 is 0 Å². The van der Waals surface area contributed by atoms with Crippen LogP contribution < -0.4 is 0 Å². The molecule has 0 radical (unpaired) electrons. The van der Waals surface area contributed by atoms with Crippen molar-refractivity contribution < 1.29 is 0 Å². The van der Waals surface area contributed by atoms with E-state index in [0.717, 1.165) is 6.42 Å². The standard InChI is InChI=1S/C24H20.C13H10/c1-2-6-17(7-3-1)20-11-10-19-13-14-22-21-9-5-4-8-18(21)12-15-23(22)24(19)16-20;1-3-7-12-10(5-1)9-11-6-2-4-8-13(11)12/h1-3,6-7,10-16H,4-5,8-9H2;1-8H,9H2. The van der Waals surface area contributed by atoms with Crippen LogP contribution in [0.15, 0.2) is 121 Å². The smallest absolute Gasteiger partial charge is 0.00135 e. The quantitative estimate of drug-likeness (QED) is 0.208. The Balaban J connectivity index is 0.000000149. The van der Waals surface area contributed by atoms with Crippen LogP contribution in [0.2, 0.25) is 0 Å². The zero-order valence-corrected chi connectivity index (χ0v) is 21.1. The van der Waals surface area contributed by atoms with Crippen molar-refractivity contribution in [3.63, 3.8) is 0 Å². The molecule has 0 heteroatoms. The van der Waals surface area contributed by atoms with Crippen LogP contribution in [0.4, 0.5) is 0 Å². The van der Waals surface area contributed by atoms with E-state index in [1.54, 1.807) is 11.1 Å². The van der Waals surface area contributed by atoms with E-state index in [4.69, 9.17) is 0 Å². The Morgan fingerprint density at radius 3 is 1.84 bits per heavy atom. The van der Waals surface area contributed by atoms with Gasteiger partial charge in [0.15, 0.2) is 0 Å². The second-order valence-corrected chi connectivity index (χ2v) is 10.4. The van der Waals surface area contributed by atoms with Gasteiger partial charge in [-0.3, -0.25) is 0 Å². The molecular weight excluding hydrogens is 444 g/mol. The lowest BCUT2D eigenvalue weighted by Crippen LogP contribution is -2.03. The minimum atomic E-state index is 1.10. The summed E-state index contributed by atoms with van der Waals surface area (Å²) < 4.78 is 0. The Morgan fingerprint density at radius 2 is 1.05 bits per heavy atom. The van der Waals surface area contributed by atoms with Crippen LogP contribution in [0.5, 0.6) is 0 Å². The molecule has 2 aliphatic rings. The highest BCUT2D eigenvalue weighted by molar-refractivity contribution is 6.10. The molecule has 37 heavy (non-hydrogen) atoms. The summed E-state index contributed by atoms with van der Waals surface area (Å²) in [5.74, 6) is 0. The van der Waals surface area contributed by atoms with E-state index in [9.17, 15) is 0 Å². The summed E-state index contributed by atoms with van der Waals surface area (Å²) in [4.78, 5) is 0. The summed E-state index contributed by atoms with van der Waals surface area (Å²) in [6.07, 6.45) is 6.24. The third-order valence-electron chi connectivity index (χ3n) is 8.16. The lowest BCUT2D eigenvalue weighted by atomic mass is 9.86. The van der Waals surface area contributed by atoms with Crippen molar-refractivity contribution in [1.29, 1.82) is 0 Å². The maximum Gasteiger partial charge on any atom is -0.00135 e. The summed E-state index contributed by atoms with van der Waals surface area (Å²) in [5, 5.41) is 5.58. The number of benzene rings is 6. The zero-order chi connectivity index (χ0) is 24.6. The van der Waals surface area contributed by atoms with Gasteiger partial charge in [-0.25, -0.2) is 0 Å². The van der Waals surface area contributed by atoms with Gasteiger partial charge >= 0.3 is 0 Å². The Hall–Kier alpha value is -4.16. The monoisotopic (exact) mass is 474 g/mol. The van der Waals surface area contributed by atoms with Crippen molar-refractivity contribution in [2.75, 3.05) is 0 Å². The fourth-order valence-electron chi connectivity index (χ4n) is 6.28. The Morgan fingerprint density at radius 1 is 0.405 bits per heavy atom. The van der Waals surface area contributed by atoms with Crippen LogP contribution in [0, 0.1) is 0 Å². The molecule has 0 saturated heterocycles. The molecule has 0 aliphatic heterocycles. The summed E-state index contributed by atoms with van der Waals surface area (Å²) in [6, 6.07) is 44.2. The van der Waals surface area contributed by atoms with E-state index in [0.29, 0.717) is 0 Å². The topological polar surface area (TPSA) is 0 Å². The van der Waals surface area contributed by atoms with Crippen LogP contribution in [-0.2, 0) is 19.3 Å². The lowest BCUT2D eigenvalue weighted by molar-refractivity contribution is 0.690. The highest BCUT2D eigenvalue weighted by Crippen LogP contribution is 2.36. The number of fused-ring (bicyclic) bond motifs is 8. The number of aryl methyl sites for hydroxylation is 2. The van der Waals surface area contributed by atoms with Gasteiger partial charge in [-0.05, 0) is 104 Å². The summed E-state index contributed by atoms with van der Waals surface area (Å²) in [7, 11) is 0. The van der Waals surface area contributed by atoms with Crippen LogP contribution >= 0.6 is 0 Å². The Labute approximate surface area is 219 Å². The van der Waals surface area contributed by atoms with Crippen molar-refractivity contribution in [2.45, 2.75) is 32.1 Å². The first-order valence-electron chi connectivity index (χ1n) is 13.5. The summed E-state index contributed by atoms with van der Waals surface area (Å²) in [5.41, 5.74) is 11.5. The molecule has 6 aromatic carbocycles. The molecule has 0 bridgehead atoms. The predicted octanol–water partition coefficient (Wildman–Crippen LogP) is 9.80. The molecule has 178 valence electrons. The second kappa shape index (κ2) is 9.37. The van der Waals surface area contributed by atoms with Crippen LogP contribution in [0.25, 0.3) is 43.8 Å². The van der Waals surface area contributed by atoms with Crippen molar-refractivity contribution in [3.05, 3.63) is 144 Å². The van der Waals surface area contributed by atoms with Crippen LogP contribution in [0.3, 0.4) is 0 Å². The first-order valence-corrected chi connectivity index (χ1v) is 13.5. The SMILES string of the molecule is c1ccc(-c2ccc3ccc4c5c(ccc4c3c2)CCCC5)cc1.c1ccc2c(c1)Cc1ccccc1-2. The summed E-state index contributed by atoms with van der Waals surface area (Å²) >= 11 is 0. The molecule has 0 N–H and O–H groups in total. The molecular formula is C37H30. The molecule has 0 spiro atoms. The van der Waals surface area contributed by atoms with E-state index in [1.165, 1.54) is 80.6 Å². The lowest BCUT2D eigenvalue weighted by Gasteiger charge is -2.19. The molecule has 8 rings (SSSR count). The Kier molecular flexibility index (Phi) is 5.59. The Bertz CT molecular complexity index is 1700. The van der Waals surface area contributed by atoms with E-state index >= 15 is 0 Å². The van der Waals surface area contributed by atoms with Crippen molar-refractivity contribution >= 4 is 21.5 Å². The molecule has 0 atom stereocenters. The third kappa shape index (κ3) is 4.03. The third-order valence-corrected chi connectivity index (χ3v) is 8.16. The first kappa shape index (κ1) is 22.1. The van der Waals surface area contributed by atoms with Gasteiger partial charge in [-0.1, -0.05) is 115 Å². The van der Waals surface area contributed by atoms with E-state index in [-0.39, 0.29) is 0 Å². The van der Waals surface area contributed by atoms with Crippen molar-refractivity contribution in [2.24, 2.45) is 0 Å². The van der Waals surface area contributed by atoms with E-state index in [1.807, 2.05) is 0 Å². The molecule has 0 fully saturated rings. The average molecular weight is 475 g/mol. The zero-order valence-electron chi connectivity index (χ0n) is 21.1. The van der Waals surface area contributed by atoms with Crippen LogP contribution in [0.1, 0.15) is 35.1 Å². The highest BCUT2D eigenvalue weighted by Gasteiger charge is 2.16. The molecule has 2 aliphatic carbocycles. The number of hydrogen-bond acceptors (Lipinski definition) is 0. The maximum atomic E-state index is 2.37. The van der Waals surface area contributed by atoms with Gasteiger partial charge in [0.2, 0.25) is 0 Å². The predicted molar refractivity (Wildman–Crippen MR) is 158 cm³/mol. The fraction of sp³-hybridized carbons (Fsp3) is 0.135. The molecule has 0 aromatic heterocycles. The van der Waals surface area contributed by atoms with Gasteiger partial charge in [-0.2, -0.15) is 0 Å². The number of hydrogen-bond donors (Lipinski definition) is 0. The molecule has 6 aromatic rings. The molecule has 0 nitrogen and oxygen atoms in total. The van der Waals surface area contributed by atoms with Gasteiger partial charge in [0.05, 0.1) is 0 Å². The molecule has 0 amide bonds. The normalized spacial score (nSPS) is 13.4. The first-order chi connectivity index (χ1) is 18.3. The van der Waals surface area contributed by atoms with Crippen molar-refractivity contribution in [3.8, 4) is 22.3 Å². The minimum absolute atomic E-state index is 1.10. The summed E-state index contributed by atoms with van der Waals surface area (Å²) in [6.45, 7) is 0. The molecule has 0 saturated carbocycles. The molecule has 0 unspecified atom stereocenters. The van der Waals surface area contributed by atoms with Gasteiger partial charge < -0.3 is 0 Å².